The maximum absolute atomic E-state index is 12.8. The third kappa shape index (κ3) is 3.73. The molecule has 2 heterocycles. The lowest BCUT2D eigenvalue weighted by molar-refractivity contribution is -0.384. The summed E-state index contributed by atoms with van der Waals surface area (Å²) in [4.78, 5) is 37.3. The molecular formula is C21H18N6O4S. The number of anilines is 1. The number of aromatic nitrogens is 4. The molecule has 4 aromatic rings. The van der Waals surface area contributed by atoms with Crippen molar-refractivity contribution in [3.8, 4) is 0 Å². The first kappa shape index (κ1) is 21.2. The zero-order valence-electron chi connectivity index (χ0n) is 17.0. The first-order chi connectivity index (χ1) is 15.4. The Bertz CT molecular complexity index is 1410. The van der Waals surface area contributed by atoms with E-state index in [4.69, 9.17) is 0 Å². The van der Waals surface area contributed by atoms with Crippen molar-refractivity contribution in [3.63, 3.8) is 0 Å². The van der Waals surface area contributed by atoms with Crippen LogP contribution in [-0.4, -0.2) is 42.8 Å². The van der Waals surface area contributed by atoms with Gasteiger partial charge in [0.15, 0.2) is 5.16 Å². The van der Waals surface area contributed by atoms with Gasteiger partial charge in [0.1, 0.15) is 0 Å². The van der Waals surface area contributed by atoms with Gasteiger partial charge in [-0.3, -0.25) is 28.7 Å². The summed E-state index contributed by atoms with van der Waals surface area (Å²) < 4.78 is 3.24. The molecule has 11 heteroatoms. The van der Waals surface area contributed by atoms with Crippen molar-refractivity contribution in [2.75, 3.05) is 17.7 Å². The average molecular weight is 450 g/mol. The lowest BCUT2D eigenvalue weighted by Crippen LogP contribution is -2.28. The largest absolute Gasteiger partial charge is 0.315 e. The molecule has 0 aliphatic carbocycles. The van der Waals surface area contributed by atoms with E-state index in [0.29, 0.717) is 27.5 Å². The van der Waals surface area contributed by atoms with Gasteiger partial charge in [-0.25, -0.2) is 0 Å². The number of nitro groups is 1. The molecule has 4 rings (SSSR count). The highest BCUT2D eigenvalue weighted by atomic mass is 32.2. The maximum atomic E-state index is 12.8. The molecular weight excluding hydrogens is 432 g/mol. The van der Waals surface area contributed by atoms with Crippen LogP contribution in [0.25, 0.3) is 16.7 Å². The Morgan fingerprint density at radius 1 is 1.22 bits per heavy atom. The number of amides is 1. The molecule has 0 aliphatic heterocycles. The fraction of sp³-hybridized carbons (Fsp3) is 0.143. The van der Waals surface area contributed by atoms with Gasteiger partial charge in [-0.2, -0.15) is 0 Å². The first-order valence-electron chi connectivity index (χ1n) is 9.53. The van der Waals surface area contributed by atoms with Crippen molar-refractivity contribution in [1.82, 2.24) is 19.2 Å². The summed E-state index contributed by atoms with van der Waals surface area (Å²) >= 11 is 1.19. The zero-order valence-corrected chi connectivity index (χ0v) is 17.9. The van der Waals surface area contributed by atoms with Crippen LogP contribution in [0.15, 0.2) is 71.1 Å². The minimum atomic E-state index is -0.492. The molecule has 0 saturated carbocycles. The Hall–Kier alpha value is -3.99. The van der Waals surface area contributed by atoms with E-state index in [0.717, 1.165) is 0 Å². The fourth-order valence-corrected chi connectivity index (χ4v) is 4.14. The molecule has 0 aliphatic rings. The second-order valence-corrected chi connectivity index (χ2v) is 7.80. The number of rotatable bonds is 7. The fourth-order valence-electron chi connectivity index (χ4n) is 3.29. The number of allylic oxidation sites excluding steroid dienone is 1. The summed E-state index contributed by atoms with van der Waals surface area (Å²) in [7, 11) is 1.60. The summed E-state index contributed by atoms with van der Waals surface area (Å²) in [5.41, 5.74) is 0.955. The number of hydrogen-bond acceptors (Lipinski definition) is 7. The summed E-state index contributed by atoms with van der Waals surface area (Å²) in [5.74, 6) is 0.208. The summed E-state index contributed by atoms with van der Waals surface area (Å²) in [6, 6.07) is 12.9. The number of non-ortho nitro benzene ring substituents is 1. The summed E-state index contributed by atoms with van der Waals surface area (Å²) in [6.45, 7) is 3.98. The van der Waals surface area contributed by atoms with E-state index in [1.807, 2.05) is 6.07 Å². The molecule has 32 heavy (non-hydrogen) atoms. The van der Waals surface area contributed by atoms with E-state index in [9.17, 15) is 19.7 Å². The molecule has 0 atom stereocenters. The standard InChI is InChI=1S/C21H18N6O4S/c1-3-12-25-19(29)16-6-4-5-7-17(16)26-20(25)22-23-21(26)32-13-18(28)24(2)14-8-10-15(11-9-14)27(30)31/h3-11H,1,12-13H2,2H3. The van der Waals surface area contributed by atoms with E-state index in [1.165, 1.54) is 45.5 Å². The van der Waals surface area contributed by atoms with Crippen LogP contribution in [-0.2, 0) is 11.3 Å². The predicted octanol–water partition coefficient (Wildman–Crippen LogP) is 2.89. The monoisotopic (exact) mass is 450 g/mol. The second-order valence-electron chi connectivity index (χ2n) is 6.85. The molecule has 0 fully saturated rings. The van der Waals surface area contributed by atoms with Gasteiger partial charge >= 0.3 is 0 Å². The number of carbonyl (C=O) groups excluding carboxylic acids is 1. The SMILES string of the molecule is C=CCn1c(=O)c2ccccc2n2c(SCC(=O)N(C)c3ccc([N+](=O)[O-])cc3)nnc12. The lowest BCUT2D eigenvalue weighted by atomic mass is 10.2. The number of nitro benzene ring substituents is 1. The van der Waals surface area contributed by atoms with Crippen LogP contribution < -0.4 is 10.5 Å². The number of carbonyl (C=O) groups is 1. The Labute approximate surface area is 185 Å². The Morgan fingerprint density at radius 2 is 1.94 bits per heavy atom. The Balaban J connectivity index is 1.63. The third-order valence-corrected chi connectivity index (χ3v) is 5.85. The Kier molecular flexibility index (Phi) is 5.73. The summed E-state index contributed by atoms with van der Waals surface area (Å²) in [6.07, 6.45) is 1.61. The van der Waals surface area contributed by atoms with Gasteiger partial charge in [0.25, 0.3) is 11.2 Å². The highest BCUT2D eigenvalue weighted by Crippen LogP contribution is 2.23. The van der Waals surface area contributed by atoms with E-state index in [-0.39, 0.29) is 29.5 Å². The van der Waals surface area contributed by atoms with Crippen molar-refractivity contribution in [2.45, 2.75) is 11.7 Å². The van der Waals surface area contributed by atoms with Crippen LogP contribution in [0.2, 0.25) is 0 Å². The number of nitrogens with zero attached hydrogens (tertiary/aromatic N) is 6. The molecule has 2 aromatic heterocycles. The third-order valence-electron chi connectivity index (χ3n) is 4.94. The van der Waals surface area contributed by atoms with Crippen molar-refractivity contribution in [2.24, 2.45) is 0 Å². The van der Waals surface area contributed by atoms with Crippen molar-refractivity contribution in [1.29, 1.82) is 0 Å². The highest BCUT2D eigenvalue weighted by Gasteiger charge is 2.19. The quantitative estimate of drug-likeness (QED) is 0.184. The topological polar surface area (TPSA) is 116 Å². The molecule has 0 saturated heterocycles. The van der Waals surface area contributed by atoms with Crippen LogP contribution in [0.3, 0.4) is 0 Å². The predicted molar refractivity (Wildman–Crippen MR) is 122 cm³/mol. The van der Waals surface area contributed by atoms with Crippen LogP contribution in [0.1, 0.15) is 0 Å². The minimum Gasteiger partial charge on any atom is -0.315 e. The van der Waals surface area contributed by atoms with E-state index >= 15 is 0 Å². The van der Waals surface area contributed by atoms with Crippen LogP contribution in [0.4, 0.5) is 11.4 Å². The maximum Gasteiger partial charge on any atom is 0.269 e. The smallest absolute Gasteiger partial charge is 0.269 e. The van der Waals surface area contributed by atoms with Crippen molar-refractivity contribution < 1.29 is 9.72 Å². The van der Waals surface area contributed by atoms with Crippen LogP contribution in [0, 0.1) is 10.1 Å². The van der Waals surface area contributed by atoms with Gasteiger partial charge in [-0.05, 0) is 24.3 Å². The van der Waals surface area contributed by atoms with Gasteiger partial charge in [0.2, 0.25) is 11.7 Å². The first-order valence-corrected chi connectivity index (χ1v) is 10.5. The van der Waals surface area contributed by atoms with E-state index in [1.54, 1.807) is 35.7 Å². The number of para-hydroxylation sites is 1. The van der Waals surface area contributed by atoms with Crippen molar-refractivity contribution in [3.05, 3.63) is 81.7 Å². The molecule has 0 radical (unpaired) electrons. The van der Waals surface area contributed by atoms with Gasteiger partial charge in [-0.1, -0.05) is 30.0 Å². The van der Waals surface area contributed by atoms with Crippen LogP contribution >= 0.6 is 11.8 Å². The molecule has 2 aromatic carbocycles. The molecule has 0 N–H and O–H groups in total. The zero-order chi connectivity index (χ0) is 22.8. The normalized spacial score (nSPS) is 11.0. The van der Waals surface area contributed by atoms with Gasteiger partial charge in [0.05, 0.1) is 21.6 Å². The molecule has 0 spiro atoms. The molecule has 162 valence electrons. The van der Waals surface area contributed by atoms with Gasteiger partial charge < -0.3 is 4.90 Å². The Morgan fingerprint density at radius 3 is 2.62 bits per heavy atom. The molecule has 0 unspecified atom stereocenters. The summed E-state index contributed by atoms with van der Waals surface area (Å²) in [5, 5.41) is 20.2. The minimum absolute atomic E-state index is 0.0450. The number of benzene rings is 2. The highest BCUT2D eigenvalue weighted by molar-refractivity contribution is 7.99. The molecule has 10 nitrogen and oxygen atoms in total. The number of hydrogen-bond donors (Lipinski definition) is 0. The molecule has 1 amide bonds. The van der Waals surface area contributed by atoms with Gasteiger partial charge in [0, 0.05) is 31.4 Å². The van der Waals surface area contributed by atoms with E-state index < -0.39 is 4.92 Å². The van der Waals surface area contributed by atoms with Crippen molar-refractivity contribution >= 4 is 45.7 Å². The average Bonchev–Trinajstić information content (AvgIpc) is 3.23. The van der Waals surface area contributed by atoms with Gasteiger partial charge in [-0.15, -0.1) is 16.8 Å². The van der Waals surface area contributed by atoms with Crippen LogP contribution in [0.5, 0.6) is 0 Å². The number of fused-ring (bicyclic) bond motifs is 3. The lowest BCUT2D eigenvalue weighted by Gasteiger charge is -2.16. The second kappa shape index (κ2) is 8.63. The molecule has 0 bridgehead atoms. The van der Waals surface area contributed by atoms with E-state index in [2.05, 4.69) is 16.8 Å². The number of thioether (sulfide) groups is 1.